The molecule has 1 heterocycles. The second-order valence-corrected chi connectivity index (χ2v) is 4.46. The molecule has 0 aliphatic carbocycles. The maximum Gasteiger partial charge on any atom is 0.310 e. The number of hydrogen-bond acceptors (Lipinski definition) is 3. The van der Waals surface area contributed by atoms with Crippen LogP contribution in [0.25, 0.3) is 0 Å². The Morgan fingerprint density at radius 3 is 2.86 bits per heavy atom. The van der Waals surface area contributed by atoms with Crippen LogP contribution in [0.2, 0.25) is 0 Å². The minimum Gasteiger partial charge on any atom is -0.469 e. The Kier molecular flexibility index (Phi) is 4.39. The number of carbonyl (C=O) groups is 1. The van der Waals surface area contributed by atoms with Gasteiger partial charge in [0.15, 0.2) is 0 Å². The minimum absolute atomic E-state index is 0.0529. The van der Waals surface area contributed by atoms with Gasteiger partial charge in [-0.2, -0.15) is 0 Å². The number of methoxy groups -OCH3 is 1. The van der Waals surface area contributed by atoms with E-state index in [9.17, 15) is 4.79 Å². The molecule has 1 saturated heterocycles. The van der Waals surface area contributed by atoms with Crippen LogP contribution in [0.3, 0.4) is 0 Å². The van der Waals surface area contributed by atoms with Gasteiger partial charge in [0.2, 0.25) is 0 Å². The molecule has 0 aromatic rings. The normalized spacial score (nSPS) is 27.7. The zero-order chi connectivity index (χ0) is 10.6. The van der Waals surface area contributed by atoms with Crippen molar-refractivity contribution in [1.29, 1.82) is 0 Å². The number of ether oxygens (including phenoxy) is 1. The van der Waals surface area contributed by atoms with Crippen LogP contribution in [0.1, 0.15) is 33.1 Å². The summed E-state index contributed by atoms with van der Waals surface area (Å²) in [5, 5.41) is 3.41. The molecular formula is C11H21NO2. The number of carbonyl (C=O) groups excluding carboxylic acids is 1. The lowest BCUT2D eigenvalue weighted by molar-refractivity contribution is -0.147. The van der Waals surface area contributed by atoms with E-state index in [0.717, 1.165) is 25.8 Å². The monoisotopic (exact) mass is 199 g/mol. The number of hydrogen-bond donors (Lipinski definition) is 1. The van der Waals surface area contributed by atoms with E-state index in [0.29, 0.717) is 12.0 Å². The van der Waals surface area contributed by atoms with Gasteiger partial charge in [-0.25, -0.2) is 0 Å². The molecule has 1 N–H and O–H groups in total. The van der Waals surface area contributed by atoms with Crippen molar-refractivity contribution < 1.29 is 9.53 Å². The van der Waals surface area contributed by atoms with Crippen LogP contribution in [0, 0.1) is 11.8 Å². The van der Waals surface area contributed by atoms with E-state index in [-0.39, 0.29) is 11.9 Å². The second kappa shape index (κ2) is 5.35. The Hall–Kier alpha value is -0.570. The van der Waals surface area contributed by atoms with Crippen LogP contribution in [0.15, 0.2) is 0 Å². The summed E-state index contributed by atoms with van der Waals surface area (Å²) in [7, 11) is 1.48. The summed E-state index contributed by atoms with van der Waals surface area (Å²) in [4.78, 5) is 11.5. The van der Waals surface area contributed by atoms with Crippen molar-refractivity contribution in [2.24, 2.45) is 11.8 Å². The average Bonchev–Trinajstić information content (AvgIpc) is 2.16. The number of nitrogens with one attached hydrogen (secondary N) is 1. The third-order valence-electron chi connectivity index (χ3n) is 2.81. The summed E-state index contributed by atoms with van der Waals surface area (Å²) in [6, 6.07) is 0.316. The average molecular weight is 199 g/mol. The van der Waals surface area contributed by atoms with Gasteiger partial charge in [-0.15, -0.1) is 0 Å². The molecule has 0 amide bonds. The van der Waals surface area contributed by atoms with E-state index < -0.39 is 0 Å². The van der Waals surface area contributed by atoms with Gasteiger partial charge in [0, 0.05) is 6.04 Å². The lowest BCUT2D eigenvalue weighted by Crippen LogP contribution is -2.45. The van der Waals surface area contributed by atoms with E-state index >= 15 is 0 Å². The topological polar surface area (TPSA) is 38.3 Å². The molecule has 82 valence electrons. The van der Waals surface area contributed by atoms with Gasteiger partial charge < -0.3 is 10.1 Å². The predicted molar refractivity (Wildman–Crippen MR) is 56.0 cm³/mol. The first kappa shape index (κ1) is 11.5. The summed E-state index contributed by atoms with van der Waals surface area (Å²) >= 11 is 0. The van der Waals surface area contributed by atoms with Crippen LogP contribution >= 0.6 is 0 Å². The van der Waals surface area contributed by atoms with Crippen LogP contribution < -0.4 is 5.32 Å². The van der Waals surface area contributed by atoms with Crippen LogP contribution in [0.5, 0.6) is 0 Å². The maximum atomic E-state index is 11.5. The Balaban J connectivity index is 2.54. The summed E-state index contributed by atoms with van der Waals surface area (Å²) in [5.41, 5.74) is 0. The first-order valence-electron chi connectivity index (χ1n) is 5.46. The van der Waals surface area contributed by atoms with Gasteiger partial charge in [0.05, 0.1) is 13.0 Å². The van der Waals surface area contributed by atoms with Crippen molar-refractivity contribution >= 4 is 5.97 Å². The van der Waals surface area contributed by atoms with Gasteiger partial charge in [-0.05, 0) is 31.7 Å². The molecule has 0 radical (unpaired) electrons. The third kappa shape index (κ3) is 2.98. The number of piperidine rings is 1. The fourth-order valence-electron chi connectivity index (χ4n) is 2.14. The molecule has 1 aliphatic heterocycles. The molecule has 14 heavy (non-hydrogen) atoms. The minimum atomic E-state index is -0.0529. The summed E-state index contributed by atoms with van der Waals surface area (Å²) in [6.07, 6.45) is 3.10. The zero-order valence-electron chi connectivity index (χ0n) is 9.38. The van der Waals surface area contributed by atoms with Crippen molar-refractivity contribution in [1.82, 2.24) is 5.32 Å². The molecule has 1 rings (SSSR count). The maximum absolute atomic E-state index is 11.5. The predicted octanol–water partition coefficient (Wildman–Crippen LogP) is 1.57. The molecule has 0 bridgehead atoms. The smallest absolute Gasteiger partial charge is 0.310 e. The van der Waals surface area contributed by atoms with Crippen LogP contribution in [-0.4, -0.2) is 25.7 Å². The highest BCUT2D eigenvalue weighted by atomic mass is 16.5. The fraction of sp³-hybridized carbons (Fsp3) is 0.909. The Morgan fingerprint density at radius 1 is 1.57 bits per heavy atom. The van der Waals surface area contributed by atoms with Crippen LogP contribution in [0.4, 0.5) is 0 Å². The van der Waals surface area contributed by atoms with Gasteiger partial charge in [0.1, 0.15) is 0 Å². The molecule has 3 heteroatoms. The summed E-state index contributed by atoms with van der Waals surface area (Å²) < 4.78 is 4.82. The van der Waals surface area contributed by atoms with Crippen molar-refractivity contribution in [3.8, 4) is 0 Å². The number of esters is 1. The SMILES string of the molecule is COC(=O)[C@H]1CCCN[C@@H]1CC(C)C. The van der Waals surface area contributed by atoms with Crippen molar-refractivity contribution in [2.45, 2.75) is 39.2 Å². The quantitative estimate of drug-likeness (QED) is 0.701. The first-order chi connectivity index (χ1) is 6.65. The van der Waals surface area contributed by atoms with Crippen molar-refractivity contribution in [3.63, 3.8) is 0 Å². The Labute approximate surface area is 86.2 Å². The summed E-state index contributed by atoms with van der Waals surface area (Å²) in [5.74, 6) is 0.636. The van der Waals surface area contributed by atoms with Crippen LogP contribution in [-0.2, 0) is 9.53 Å². The van der Waals surface area contributed by atoms with E-state index in [1.54, 1.807) is 0 Å². The van der Waals surface area contributed by atoms with Gasteiger partial charge >= 0.3 is 5.97 Å². The molecule has 2 atom stereocenters. The van der Waals surface area contributed by atoms with E-state index in [1.165, 1.54) is 7.11 Å². The van der Waals surface area contributed by atoms with Crippen molar-refractivity contribution in [2.75, 3.05) is 13.7 Å². The Bertz CT molecular complexity index is 192. The third-order valence-corrected chi connectivity index (χ3v) is 2.81. The molecular weight excluding hydrogens is 178 g/mol. The van der Waals surface area contributed by atoms with Gasteiger partial charge in [-0.1, -0.05) is 13.8 Å². The summed E-state index contributed by atoms with van der Waals surface area (Å²) in [6.45, 7) is 5.40. The molecule has 0 spiro atoms. The molecule has 0 aromatic carbocycles. The van der Waals surface area contributed by atoms with E-state index in [1.807, 2.05) is 0 Å². The number of rotatable bonds is 3. The molecule has 1 fully saturated rings. The van der Waals surface area contributed by atoms with E-state index in [2.05, 4.69) is 19.2 Å². The van der Waals surface area contributed by atoms with E-state index in [4.69, 9.17) is 4.74 Å². The molecule has 0 aromatic heterocycles. The standard InChI is InChI=1S/C11H21NO2/c1-8(2)7-10-9(11(13)14-3)5-4-6-12-10/h8-10,12H,4-7H2,1-3H3/t9-,10+/m0/s1. The fourth-order valence-corrected chi connectivity index (χ4v) is 2.14. The lowest BCUT2D eigenvalue weighted by Gasteiger charge is -2.31. The zero-order valence-corrected chi connectivity index (χ0v) is 9.38. The molecule has 0 saturated carbocycles. The largest absolute Gasteiger partial charge is 0.469 e. The van der Waals surface area contributed by atoms with Crippen molar-refractivity contribution in [3.05, 3.63) is 0 Å². The highest BCUT2D eigenvalue weighted by Crippen LogP contribution is 2.22. The highest BCUT2D eigenvalue weighted by molar-refractivity contribution is 5.73. The van der Waals surface area contributed by atoms with Gasteiger partial charge in [-0.3, -0.25) is 4.79 Å². The van der Waals surface area contributed by atoms with Gasteiger partial charge in [0.25, 0.3) is 0 Å². The highest BCUT2D eigenvalue weighted by Gasteiger charge is 2.31. The second-order valence-electron chi connectivity index (χ2n) is 4.46. The molecule has 0 unspecified atom stereocenters. The first-order valence-corrected chi connectivity index (χ1v) is 5.46. The lowest BCUT2D eigenvalue weighted by atomic mass is 9.86. The molecule has 1 aliphatic rings. The molecule has 3 nitrogen and oxygen atoms in total. The Morgan fingerprint density at radius 2 is 2.29 bits per heavy atom.